The van der Waals surface area contributed by atoms with Gasteiger partial charge < -0.3 is 19.0 Å². The number of rotatable bonds is 5. The highest BCUT2D eigenvalue weighted by molar-refractivity contribution is 6.07. The molecule has 7 heteroatoms. The first-order valence-electron chi connectivity index (χ1n) is 9.08. The SMILES string of the molecule is COc1ccc2oc(C)c(C(=O)N[C@H](c3ccc(F)cc3)c3nccn3C)c2c1. The van der Waals surface area contributed by atoms with E-state index in [1.165, 1.54) is 12.1 Å². The number of furan rings is 1. The van der Waals surface area contributed by atoms with Crippen LogP contribution in [-0.4, -0.2) is 22.6 Å². The topological polar surface area (TPSA) is 69.3 Å². The van der Waals surface area contributed by atoms with Crippen LogP contribution in [0.1, 0.15) is 33.5 Å². The molecule has 4 aromatic rings. The fourth-order valence-corrected chi connectivity index (χ4v) is 3.42. The van der Waals surface area contributed by atoms with Crippen LogP contribution in [0.3, 0.4) is 0 Å². The number of hydrogen-bond acceptors (Lipinski definition) is 4. The number of nitrogens with zero attached hydrogens (tertiary/aromatic N) is 2. The van der Waals surface area contributed by atoms with Crippen LogP contribution < -0.4 is 10.1 Å². The van der Waals surface area contributed by atoms with Gasteiger partial charge >= 0.3 is 0 Å². The molecule has 4 rings (SSSR count). The van der Waals surface area contributed by atoms with Crippen LogP contribution in [0.2, 0.25) is 0 Å². The predicted octanol–water partition coefficient (Wildman–Crippen LogP) is 4.14. The van der Waals surface area contributed by atoms with Crippen molar-refractivity contribution in [3.05, 3.63) is 83.4 Å². The Balaban J connectivity index is 1.76. The Bertz CT molecular complexity index is 1180. The van der Waals surface area contributed by atoms with Gasteiger partial charge in [-0.2, -0.15) is 0 Å². The summed E-state index contributed by atoms with van der Waals surface area (Å²) in [4.78, 5) is 17.6. The molecule has 1 amide bonds. The van der Waals surface area contributed by atoms with E-state index in [-0.39, 0.29) is 11.7 Å². The molecule has 148 valence electrons. The first kappa shape index (κ1) is 18.7. The maximum atomic E-state index is 13.4. The van der Waals surface area contributed by atoms with Crippen molar-refractivity contribution < 1.29 is 18.3 Å². The van der Waals surface area contributed by atoms with Gasteiger partial charge in [0.1, 0.15) is 34.8 Å². The van der Waals surface area contributed by atoms with Crippen LogP contribution in [0.25, 0.3) is 11.0 Å². The number of ether oxygens (including phenoxy) is 1. The molecule has 0 fully saturated rings. The lowest BCUT2D eigenvalue weighted by Crippen LogP contribution is -2.31. The fraction of sp³-hybridized carbons (Fsp3) is 0.182. The molecule has 2 aromatic carbocycles. The predicted molar refractivity (Wildman–Crippen MR) is 106 cm³/mol. The average molecular weight is 393 g/mol. The third-order valence-electron chi connectivity index (χ3n) is 4.89. The number of fused-ring (bicyclic) bond motifs is 1. The molecule has 1 N–H and O–H groups in total. The highest BCUT2D eigenvalue weighted by atomic mass is 19.1. The number of nitrogens with one attached hydrogen (secondary N) is 1. The van der Waals surface area contributed by atoms with Crippen molar-refractivity contribution >= 4 is 16.9 Å². The smallest absolute Gasteiger partial charge is 0.256 e. The van der Waals surface area contributed by atoms with Gasteiger partial charge in [0.15, 0.2) is 0 Å². The summed E-state index contributed by atoms with van der Waals surface area (Å²) in [5.74, 6) is 1.11. The third-order valence-corrected chi connectivity index (χ3v) is 4.89. The average Bonchev–Trinajstić information content (AvgIpc) is 3.28. The van der Waals surface area contributed by atoms with Crippen molar-refractivity contribution in [3.8, 4) is 5.75 Å². The van der Waals surface area contributed by atoms with Gasteiger partial charge in [0.25, 0.3) is 5.91 Å². The van der Waals surface area contributed by atoms with Crippen LogP contribution in [0.15, 0.2) is 59.3 Å². The molecule has 0 saturated heterocycles. The molecular formula is C22H20FN3O3. The number of imidazole rings is 1. The standard InChI is InChI=1S/C22H20FN3O3/c1-13-19(17-12-16(28-3)8-9-18(17)29-13)22(27)25-20(21-24-10-11-26(21)2)14-4-6-15(23)7-5-14/h4-12,20H,1-3H3,(H,25,27)/t20-/m1/s1. The van der Waals surface area contributed by atoms with Crippen molar-refractivity contribution in [2.45, 2.75) is 13.0 Å². The third kappa shape index (κ3) is 3.47. The maximum absolute atomic E-state index is 13.4. The van der Waals surface area contributed by atoms with Crippen LogP contribution in [0.4, 0.5) is 4.39 Å². The minimum Gasteiger partial charge on any atom is -0.497 e. The Morgan fingerprint density at radius 1 is 1.24 bits per heavy atom. The van der Waals surface area contributed by atoms with Gasteiger partial charge in [0.05, 0.1) is 12.7 Å². The summed E-state index contributed by atoms with van der Waals surface area (Å²) in [6.45, 7) is 1.75. The summed E-state index contributed by atoms with van der Waals surface area (Å²) < 4.78 is 26.3. The van der Waals surface area contributed by atoms with Crippen molar-refractivity contribution in [1.82, 2.24) is 14.9 Å². The van der Waals surface area contributed by atoms with Crippen molar-refractivity contribution in [3.63, 3.8) is 0 Å². The summed E-state index contributed by atoms with van der Waals surface area (Å²) in [6, 6.07) is 10.8. The zero-order valence-corrected chi connectivity index (χ0v) is 16.3. The summed E-state index contributed by atoms with van der Waals surface area (Å²) in [6.07, 6.45) is 3.45. The Morgan fingerprint density at radius 2 is 2.00 bits per heavy atom. The second-order valence-electron chi connectivity index (χ2n) is 6.75. The van der Waals surface area contributed by atoms with Gasteiger partial charge in [-0.3, -0.25) is 4.79 Å². The van der Waals surface area contributed by atoms with E-state index in [0.717, 1.165) is 5.56 Å². The van der Waals surface area contributed by atoms with E-state index < -0.39 is 6.04 Å². The molecule has 0 unspecified atom stereocenters. The molecule has 2 heterocycles. The number of benzene rings is 2. The second-order valence-corrected chi connectivity index (χ2v) is 6.75. The van der Waals surface area contributed by atoms with Gasteiger partial charge in [0.2, 0.25) is 0 Å². The number of methoxy groups -OCH3 is 1. The first-order valence-corrected chi connectivity index (χ1v) is 9.08. The molecule has 0 bridgehead atoms. The zero-order valence-electron chi connectivity index (χ0n) is 16.3. The van der Waals surface area contributed by atoms with E-state index >= 15 is 0 Å². The minimum absolute atomic E-state index is 0.313. The van der Waals surface area contributed by atoms with Crippen LogP contribution in [0, 0.1) is 12.7 Å². The van der Waals surface area contributed by atoms with Crippen LogP contribution in [-0.2, 0) is 7.05 Å². The van der Waals surface area contributed by atoms with Gasteiger partial charge in [-0.1, -0.05) is 12.1 Å². The lowest BCUT2D eigenvalue weighted by Gasteiger charge is -2.19. The molecule has 1 atom stereocenters. The Kier molecular flexibility index (Phi) is 4.80. The molecule has 0 aliphatic heterocycles. The number of carbonyl (C=O) groups excluding carboxylic acids is 1. The normalized spacial score (nSPS) is 12.1. The number of carbonyl (C=O) groups is 1. The van der Waals surface area contributed by atoms with E-state index in [2.05, 4.69) is 10.3 Å². The number of halogens is 1. The fourth-order valence-electron chi connectivity index (χ4n) is 3.42. The van der Waals surface area contributed by atoms with E-state index in [9.17, 15) is 9.18 Å². The minimum atomic E-state index is -0.557. The van der Waals surface area contributed by atoms with E-state index in [0.29, 0.717) is 33.9 Å². The van der Waals surface area contributed by atoms with Crippen LogP contribution in [0.5, 0.6) is 5.75 Å². The van der Waals surface area contributed by atoms with Gasteiger partial charge in [-0.15, -0.1) is 0 Å². The second kappa shape index (κ2) is 7.43. The summed E-state index contributed by atoms with van der Waals surface area (Å²) in [5, 5.41) is 3.69. The molecule has 0 radical (unpaired) electrons. The highest BCUT2D eigenvalue weighted by Crippen LogP contribution is 2.30. The van der Waals surface area contributed by atoms with E-state index in [1.54, 1.807) is 56.8 Å². The molecular weight excluding hydrogens is 373 g/mol. The molecule has 0 aliphatic rings. The van der Waals surface area contributed by atoms with Crippen molar-refractivity contribution in [2.24, 2.45) is 7.05 Å². The van der Waals surface area contributed by atoms with E-state index in [4.69, 9.17) is 9.15 Å². The number of hydrogen-bond donors (Lipinski definition) is 1. The Morgan fingerprint density at radius 3 is 2.66 bits per heavy atom. The maximum Gasteiger partial charge on any atom is 0.256 e. The number of aryl methyl sites for hydroxylation is 2. The Hall–Kier alpha value is -3.61. The summed E-state index contributed by atoms with van der Waals surface area (Å²) in [5.41, 5.74) is 1.75. The van der Waals surface area contributed by atoms with Gasteiger partial charge in [-0.05, 0) is 42.8 Å². The first-order chi connectivity index (χ1) is 14.0. The van der Waals surface area contributed by atoms with Crippen molar-refractivity contribution in [2.75, 3.05) is 7.11 Å². The highest BCUT2D eigenvalue weighted by Gasteiger charge is 2.25. The lowest BCUT2D eigenvalue weighted by atomic mass is 10.0. The van der Waals surface area contributed by atoms with Gasteiger partial charge in [0, 0.05) is 24.8 Å². The molecule has 0 aliphatic carbocycles. The molecule has 2 aromatic heterocycles. The largest absolute Gasteiger partial charge is 0.497 e. The summed E-state index contributed by atoms with van der Waals surface area (Å²) >= 11 is 0. The van der Waals surface area contributed by atoms with E-state index in [1.807, 2.05) is 11.6 Å². The lowest BCUT2D eigenvalue weighted by molar-refractivity contribution is 0.0941. The monoisotopic (exact) mass is 393 g/mol. The summed E-state index contributed by atoms with van der Waals surface area (Å²) in [7, 11) is 3.41. The number of amides is 1. The molecule has 29 heavy (non-hydrogen) atoms. The van der Waals surface area contributed by atoms with Gasteiger partial charge in [-0.25, -0.2) is 9.37 Å². The quantitative estimate of drug-likeness (QED) is 0.553. The molecule has 6 nitrogen and oxygen atoms in total. The van der Waals surface area contributed by atoms with Crippen LogP contribution >= 0.6 is 0 Å². The number of aromatic nitrogens is 2. The Labute approximate surface area is 166 Å². The molecule has 0 spiro atoms. The zero-order chi connectivity index (χ0) is 20.5. The van der Waals surface area contributed by atoms with Crippen molar-refractivity contribution in [1.29, 1.82) is 0 Å². The molecule has 0 saturated carbocycles.